The minimum absolute atomic E-state index is 0.141. The van der Waals surface area contributed by atoms with Gasteiger partial charge in [-0.25, -0.2) is 0 Å². The van der Waals surface area contributed by atoms with E-state index in [-0.39, 0.29) is 50.1 Å². The van der Waals surface area contributed by atoms with Gasteiger partial charge in [-0.2, -0.15) is 0 Å². The van der Waals surface area contributed by atoms with E-state index in [2.05, 4.69) is 16.0 Å². The van der Waals surface area contributed by atoms with E-state index in [4.69, 9.17) is 9.47 Å². The Morgan fingerprint density at radius 3 is 2.54 bits per heavy atom. The molecule has 4 amide bonds. The summed E-state index contributed by atoms with van der Waals surface area (Å²) in [7, 11) is 1.64. The summed E-state index contributed by atoms with van der Waals surface area (Å²) in [5, 5.41) is 8.17. The predicted molar refractivity (Wildman–Crippen MR) is 147 cm³/mol. The number of likely N-dealkylation sites (N-methyl/N-ethyl adjacent to an activating group) is 1. The molecule has 1 aliphatic heterocycles. The van der Waals surface area contributed by atoms with Gasteiger partial charge in [0.1, 0.15) is 36.8 Å². The minimum atomic E-state index is -1.18. The number of carbonyl (C=O) groups is 4. The highest BCUT2D eigenvalue weighted by atomic mass is 16.5. The van der Waals surface area contributed by atoms with Crippen molar-refractivity contribution in [2.45, 2.75) is 45.7 Å². The van der Waals surface area contributed by atoms with E-state index in [1.807, 2.05) is 45.0 Å². The van der Waals surface area contributed by atoms with Crippen molar-refractivity contribution >= 4 is 23.6 Å². The monoisotopic (exact) mass is 538 g/mol. The lowest BCUT2D eigenvalue weighted by Crippen LogP contribution is -2.53. The van der Waals surface area contributed by atoms with Crippen molar-refractivity contribution in [1.29, 1.82) is 0 Å². The van der Waals surface area contributed by atoms with Crippen molar-refractivity contribution in [3.63, 3.8) is 0 Å². The molecule has 3 N–H and O–H groups in total. The summed E-state index contributed by atoms with van der Waals surface area (Å²) >= 11 is 0. The van der Waals surface area contributed by atoms with Gasteiger partial charge in [0.05, 0.1) is 25.1 Å². The van der Waals surface area contributed by atoms with Crippen molar-refractivity contribution in [2.24, 2.45) is 5.92 Å². The van der Waals surface area contributed by atoms with E-state index in [0.717, 1.165) is 5.56 Å². The molecule has 210 valence electrons. The lowest BCUT2D eigenvalue weighted by molar-refractivity contribution is -0.136. The lowest BCUT2D eigenvalue weighted by atomic mass is 10.0. The summed E-state index contributed by atoms with van der Waals surface area (Å²) in [6.45, 7) is 6.69. The number of nitrogens with one attached hydrogen (secondary N) is 3. The van der Waals surface area contributed by atoms with Crippen LogP contribution in [-0.4, -0.2) is 74.0 Å². The Labute approximate surface area is 229 Å². The maximum absolute atomic E-state index is 13.2. The van der Waals surface area contributed by atoms with Gasteiger partial charge in [0.15, 0.2) is 0 Å². The van der Waals surface area contributed by atoms with Crippen molar-refractivity contribution in [2.75, 3.05) is 33.4 Å². The Hall–Kier alpha value is -4.08. The molecular weight excluding hydrogens is 500 g/mol. The predicted octanol–water partition coefficient (Wildman–Crippen LogP) is 2.06. The second-order valence-corrected chi connectivity index (χ2v) is 10.0. The molecule has 0 bridgehead atoms. The molecule has 0 unspecified atom stereocenters. The van der Waals surface area contributed by atoms with Crippen molar-refractivity contribution in [3.8, 4) is 11.5 Å². The van der Waals surface area contributed by atoms with Crippen LogP contribution in [0.4, 0.5) is 0 Å². The summed E-state index contributed by atoms with van der Waals surface area (Å²) in [5.41, 5.74) is 1.33. The van der Waals surface area contributed by atoms with Gasteiger partial charge in [-0.15, -0.1) is 0 Å². The average molecular weight is 539 g/mol. The minimum Gasteiger partial charge on any atom is -0.492 e. The lowest BCUT2D eigenvalue weighted by Gasteiger charge is -2.27. The molecule has 0 aliphatic carbocycles. The first-order valence-electron chi connectivity index (χ1n) is 13.2. The van der Waals surface area contributed by atoms with Crippen molar-refractivity contribution in [1.82, 2.24) is 20.9 Å². The SMILES string of the molecule is Cc1ccc(OCCNC(=O)[C@@H]2CC(=O)N[C@H](CC(C)C)C(=O)N(C)CCOc3ccccc3C(=O)N2)cc1. The molecule has 1 aliphatic rings. The molecule has 0 saturated carbocycles. The number of ether oxygens (including phenoxy) is 2. The third-order valence-electron chi connectivity index (χ3n) is 6.23. The Morgan fingerprint density at radius 1 is 1.10 bits per heavy atom. The average Bonchev–Trinajstić information content (AvgIpc) is 2.90. The number of carbonyl (C=O) groups excluding carboxylic acids is 4. The Kier molecular flexibility index (Phi) is 10.7. The van der Waals surface area contributed by atoms with E-state index in [9.17, 15) is 19.2 Å². The van der Waals surface area contributed by atoms with Crippen LogP contribution in [0.2, 0.25) is 0 Å². The Morgan fingerprint density at radius 2 is 1.82 bits per heavy atom. The first kappa shape index (κ1) is 29.5. The Balaban J connectivity index is 1.76. The zero-order valence-electron chi connectivity index (χ0n) is 23.0. The fourth-order valence-electron chi connectivity index (χ4n) is 4.13. The van der Waals surface area contributed by atoms with Crippen LogP contribution in [0.25, 0.3) is 0 Å². The molecule has 2 atom stereocenters. The third kappa shape index (κ3) is 9.01. The van der Waals surface area contributed by atoms with Crippen LogP contribution in [0.3, 0.4) is 0 Å². The molecule has 2 aromatic carbocycles. The molecule has 10 nitrogen and oxygen atoms in total. The molecular formula is C29H38N4O6. The van der Waals surface area contributed by atoms with E-state index < -0.39 is 29.8 Å². The van der Waals surface area contributed by atoms with Gasteiger partial charge in [0.2, 0.25) is 17.7 Å². The number of fused-ring (bicyclic) bond motifs is 1. The zero-order chi connectivity index (χ0) is 28.4. The largest absolute Gasteiger partial charge is 0.492 e. The van der Waals surface area contributed by atoms with Crippen LogP contribution >= 0.6 is 0 Å². The molecule has 0 fully saturated rings. The molecule has 3 rings (SSSR count). The van der Waals surface area contributed by atoms with Gasteiger partial charge in [0.25, 0.3) is 5.91 Å². The zero-order valence-corrected chi connectivity index (χ0v) is 23.0. The second kappa shape index (κ2) is 14.2. The van der Waals surface area contributed by atoms with E-state index >= 15 is 0 Å². The highest BCUT2D eigenvalue weighted by molar-refractivity contribution is 6.01. The van der Waals surface area contributed by atoms with Gasteiger partial charge in [-0.3, -0.25) is 19.2 Å². The van der Waals surface area contributed by atoms with Gasteiger partial charge < -0.3 is 30.3 Å². The molecule has 2 aromatic rings. The summed E-state index contributed by atoms with van der Waals surface area (Å²) in [6.07, 6.45) is 0.0865. The summed E-state index contributed by atoms with van der Waals surface area (Å²) in [6, 6.07) is 12.2. The molecule has 0 saturated heterocycles. The number of hydrogen-bond donors (Lipinski definition) is 3. The maximum Gasteiger partial charge on any atom is 0.255 e. The third-order valence-corrected chi connectivity index (χ3v) is 6.23. The number of para-hydroxylation sites is 1. The highest BCUT2D eigenvalue weighted by Crippen LogP contribution is 2.19. The number of aryl methyl sites for hydroxylation is 1. The Bertz CT molecular complexity index is 1150. The second-order valence-electron chi connectivity index (χ2n) is 10.0. The standard InChI is InChI=1S/C29H38N4O6/c1-19(2)17-24-29(37)33(4)14-16-39-25-8-6-5-7-22(25)27(35)32-23(18-26(34)31-24)28(36)30-13-15-38-21-11-9-20(3)10-12-21/h5-12,19,23-24H,13-18H2,1-4H3,(H,30,36)(H,31,34)(H,32,35)/t23-,24+/m0/s1. The smallest absolute Gasteiger partial charge is 0.255 e. The fraction of sp³-hybridized carbons (Fsp3) is 0.448. The van der Waals surface area contributed by atoms with Crippen LogP contribution in [0, 0.1) is 12.8 Å². The first-order chi connectivity index (χ1) is 18.6. The molecule has 39 heavy (non-hydrogen) atoms. The van der Waals surface area contributed by atoms with E-state index in [1.165, 1.54) is 4.90 Å². The normalized spacial score (nSPS) is 18.8. The fourth-order valence-corrected chi connectivity index (χ4v) is 4.13. The maximum atomic E-state index is 13.2. The number of hydrogen-bond acceptors (Lipinski definition) is 6. The number of rotatable bonds is 7. The molecule has 10 heteroatoms. The van der Waals surface area contributed by atoms with Crippen molar-refractivity contribution in [3.05, 3.63) is 59.7 Å². The summed E-state index contributed by atoms with van der Waals surface area (Å²) < 4.78 is 11.5. The highest BCUT2D eigenvalue weighted by Gasteiger charge is 2.30. The molecule has 0 aromatic heterocycles. The first-order valence-corrected chi connectivity index (χ1v) is 13.2. The topological polar surface area (TPSA) is 126 Å². The molecule has 0 spiro atoms. The van der Waals surface area contributed by atoms with Crippen LogP contribution in [-0.2, 0) is 14.4 Å². The van der Waals surface area contributed by atoms with Crippen LogP contribution in [0.5, 0.6) is 11.5 Å². The van der Waals surface area contributed by atoms with Crippen LogP contribution in [0.15, 0.2) is 48.5 Å². The van der Waals surface area contributed by atoms with Gasteiger partial charge >= 0.3 is 0 Å². The summed E-state index contributed by atoms with van der Waals surface area (Å²) in [4.78, 5) is 53.9. The van der Waals surface area contributed by atoms with E-state index in [0.29, 0.717) is 17.9 Å². The van der Waals surface area contributed by atoms with Crippen molar-refractivity contribution < 1.29 is 28.7 Å². The number of benzene rings is 2. The van der Waals surface area contributed by atoms with Crippen LogP contribution in [0.1, 0.15) is 42.6 Å². The quantitative estimate of drug-likeness (QED) is 0.464. The van der Waals surface area contributed by atoms with E-state index in [1.54, 1.807) is 31.3 Å². The van der Waals surface area contributed by atoms with Gasteiger partial charge in [0, 0.05) is 7.05 Å². The van der Waals surface area contributed by atoms with Crippen LogP contribution < -0.4 is 25.4 Å². The molecule has 0 radical (unpaired) electrons. The van der Waals surface area contributed by atoms with Gasteiger partial charge in [-0.05, 0) is 43.5 Å². The summed E-state index contributed by atoms with van der Waals surface area (Å²) in [5.74, 6) is -0.716. The number of nitrogens with zero attached hydrogens (tertiary/aromatic N) is 1. The number of amides is 4. The molecule has 1 heterocycles. The van der Waals surface area contributed by atoms with Gasteiger partial charge in [-0.1, -0.05) is 43.7 Å².